The fourth-order valence-corrected chi connectivity index (χ4v) is 1.79. The van der Waals surface area contributed by atoms with Crippen LogP contribution in [-0.2, 0) is 6.54 Å². The zero-order chi connectivity index (χ0) is 13.1. The molecule has 0 bridgehead atoms. The van der Waals surface area contributed by atoms with Gasteiger partial charge in [-0.1, -0.05) is 25.4 Å². The van der Waals surface area contributed by atoms with Crippen molar-refractivity contribution in [1.29, 1.82) is 0 Å². The van der Waals surface area contributed by atoms with E-state index in [1.54, 1.807) is 6.07 Å². The summed E-state index contributed by atoms with van der Waals surface area (Å²) in [5, 5.41) is 11.8. The van der Waals surface area contributed by atoms with Gasteiger partial charge >= 0.3 is 0 Å². The highest BCUT2D eigenvalue weighted by atomic mass is 79.9. The van der Waals surface area contributed by atoms with Gasteiger partial charge in [0.2, 0.25) is 11.8 Å². The van der Waals surface area contributed by atoms with E-state index in [1.807, 2.05) is 12.1 Å². The molecule has 0 aliphatic rings. The van der Waals surface area contributed by atoms with Gasteiger partial charge in [-0.05, 0) is 34.1 Å². The molecular formula is C12H13BrClN3O. The predicted octanol–water partition coefficient (Wildman–Crippen LogP) is 3.65. The molecule has 0 aliphatic heterocycles. The Morgan fingerprint density at radius 2 is 2.17 bits per heavy atom. The van der Waals surface area contributed by atoms with Gasteiger partial charge in [-0.25, -0.2) is 0 Å². The van der Waals surface area contributed by atoms with Crippen LogP contribution in [0.4, 0.5) is 0 Å². The van der Waals surface area contributed by atoms with E-state index in [2.05, 4.69) is 45.3 Å². The molecule has 2 aromatic rings. The molecule has 0 unspecified atom stereocenters. The molecule has 0 saturated carbocycles. The largest absolute Gasteiger partial charge is 0.419 e. The maximum Gasteiger partial charge on any atom is 0.247 e. The average molecular weight is 331 g/mol. The zero-order valence-corrected chi connectivity index (χ0v) is 12.4. The van der Waals surface area contributed by atoms with E-state index in [9.17, 15) is 0 Å². The topological polar surface area (TPSA) is 51.0 Å². The summed E-state index contributed by atoms with van der Waals surface area (Å²) in [6.45, 7) is 4.69. The summed E-state index contributed by atoms with van der Waals surface area (Å²) in [5.74, 6) is 1.04. The van der Waals surface area contributed by atoms with Gasteiger partial charge in [0.1, 0.15) is 0 Å². The SMILES string of the molecule is CC(C)NCc1nnc(-c2ccc(Br)c(Cl)c2)o1. The monoisotopic (exact) mass is 329 g/mol. The van der Waals surface area contributed by atoms with Crippen LogP contribution in [0.2, 0.25) is 5.02 Å². The van der Waals surface area contributed by atoms with Crippen LogP contribution in [-0.4, -0.2) is 16.2 Å². The van der Waals surface area contributed by atoms with Gasteiger partial charge in [0.05, 0.1) is 11.6 Å². The normalized spacial score (nSPS) is 11.2. The molecule has 18 heavy (non-hydrogen) atoms. The second-order valence-electron chi connectivity index (χ2n) is 4.17. The predicted molar refractivity (Wildman–Crippen MR) is 74.4 cm³/mol. The molecule has 0 amide bonds. The summed E-state index contributed by atoms with van der Waals surface area (Å²) in [6, 6.07) is 5.90. The Hall–Kier alpha value is -0.910. The maximum absolute atomic E-state index is 6.02. The first-order chi connectivity index (χ1) is 8.56. The summed E-state index contributed by atoms with van der Waals surface area (Å²) >= 11 is 9.36. The lowest BCUT2D eigenvalue weighted by atomic mass is 10.2. The molecule has 96 valence electrons. The molecule has 0 saturated heterocycles. The highest BCUT2D eigenvalue weighted by Crippen LogP contribution is 2.28. The molecule has 0 fully saturated rings. The number of hydrogen-bond donors (Lipinski definition) is 1. The van der Waals surface area contributed by atoms with E-state index in [0.29, 0.717) is 29.4 Å². The van der Waals surface area contributed by atoms with E-state index in [1.165, 1.54) is 0 Å². The van der Waals surface area contributed by atoms with Gasteiger partial charge in [-0.3, -0.25) is 0 Å². The molecule has 0 atom stereocenters. The van der Waals surface area contributed by atoms with Crippen LogP contribution in [0.5, 0.6) is 0 Å². The highest BCUT2D eigenvalue weighted by Gasteiger charge is 2.10. The van der Waals surface area contributed by atoms with E-state index in [0.717, 1.165) is 10.0 Å². The van der Waals surface area contributed by atoms with Crippen LogP contribution < -0.4 is 5.32 Å². The highest BCUT2D eigenvalue weighted by molar-refractivity contribution is 9.10. The van der Waals surface area contributed by atoms with E-state index < -0.39 is 0 Å². The lowest BCUT2D eigenvalue weighted by Crippen LogP contribution is -2.21. The smallest absolute Gasteiger partial charge is 0.247 e. The van der Waals surface area contributed by atoms with Gasteiger partial charge in [0.25, 0.3) is 0 Å². The van der Waals surface area contributed by atoms with Crippen molar-refractivity contribution in [2.45, 2.75) is 26.4 Å². The van der Waals surface area contributed by atoms with Crippen molar-refractivity contribution >= 4 is 27.5 Å². The number of nitrogens with one attached hydrogen (secondary N) is 1. The molecule has 4 nitrogen and oxygen atoms in total. The Morgan fingerprint density at radius 1 is 1.39 bits per heavy atom. The van der Waals surface area contributed by atoms with Crippen molar-refractivity contribution in [3.63, 3.8) is 0 Å². The van der Waals surface area contributed by atoms with Crippen LogP contribution in [0, 0.1) is 0 Å². The number of aromatic nitrogens is 2. The number of nitrogens with zero attached hydrogens (tertiary/aromatic N) is 2. The van der Waals surface area contributed by atoms with Crippen LogP contribution in [0.15, 0.2) is 27.1 Å². The van der Waals surface area contributed by atoms with Crippen molar-refractivity contribution < 1.29 is 4.42 Å². The summed E-state index contributed by atoms with van der Waals surface area (Å²) in [4.78, 5) is 0. The van der Waals surface area contributed by atoms with Crippen molar-refractivity contribution in [2.75, 3.05) is 0 Å². The first kappa shape index (κ1) is 13.5. The van der Waals surface area contributed by atoms with Crippen LogP contribution >= 0.6 is 27.5 Å². The number of rotatable bonds is 4. The zero-order valence-electron chi connectivity index (χ0n) is 10.1. The molecule has 1 heterocycles. The van der Waals surface area contributed by atoms with Gasteiger partial charge in [0.15, 0.2) is 0 Å². The average Bonchev–Trinajstić information content (AvgIpc) is 2.79. The van der Waals surface area contributed by atoms with Gasteiger partial charge in [-0.2, -0.15) is 0 Å². The third-order valence-electron chi connectivity index (χ3n) is 2.29. The summed E-state index contributed by atoms with van der Waals surface area (Å²) < 4.78 is 6.40. The molecule has 1 aromatic carbocycles. The quantitative estimate of drug-likeness (QED) is 0.929. The van der Waals surface area contributed by atoms with E-state index >= 15 is 0 Å². The Kier molecular flexibility index (Phi) is 4.37. The van der Waals surface area contributed by atoms with Gasteiger partial charge in [-0.15, -0.1) is 10.2 Å². The van der Waals surface area contributed by atoms with E-state index in [4.69, 9.17) is 16.0 Å². The Balaban J connectivity index is 2.16. The number of hydrogen-bond acceptors (Lipinski definition) is 4. The van der Waals surface area contributed by atoms with Crippen LogP contribution in [0.3, 0.4) is 0 Å². The Bertz CT molecular complexity index is 542. The van der Waals surface area contributed by atoms with Crippen LogP contribution in [0.1, 0.15) is 19.7 Å². The Morgan fingerprint density at radius 3 is 2.83 bits per heavy atom. The molecular weight excluding hydrogens is 318 g/mol. The minimum atomic E-state index is 0.377. The fraction of sp³-hybridized carbons (Fsp3) is 0.333. The van der Waals surface area contributed by atoms with E-state index in [-0.39, 0.29) is 0 Å². The third-order valence-corrected chi connectivity index (χ3v) is 3.53. The summed E-state index contributed by atoms with van der Waals surface area (Å²) in [7, 11) is 0. The first-order valence-corrected chi connectivity index (χ1v) is 6.74. The molecule has 0 aliphatic carbocycles. The minimum absolute atomic E-state index is 0.377. The second-order valence-corrected chi connectivity index (χ2v) is 5.43. The first-order valence-electron chi connectivity index (χ1n) is 5.57. The summed E-state index contributed by atoms with van der Waals surface area (Å²) in [6.07, 6.45) is 0. The van der Waals surface area contributed by atoms with Crippen molar-refractivity contribution in [3.8, 4) is 11.5 Å². The Labute approximate surface area is 119 Å². The summed E-state index contributed by atoms with van der Waals surface area (Å²) in [5.41, 5.74) is 0.812. The molecule has 0 spiro atoms. The lowest BCUT2D eigenvalue weighted by molar-refractivity contribution is 0.459. The second kappa shape index (κ2) is 5.82. The number of halogens is 2. The van der Waals surface area contributed by atoms with Crippen LogP contribution in [0.25, 0.3) is 11.5 Å². The van der Waals surface area contributed by atoms with Crippen molar-refractivity contribution in [2.24, 2.45) is 0 Å². The molecule has 0 radical (unpaired) electrons. The molecule has 6 heteroatoms. The lowest BCUT2D eigenvalue weighted by Gasteiger charge is -2.03. The maximum atomic E-state index is 6.02. The molecule has 1 N–H and O–H groups in total. The fourth-order valence-electron chi connectivity index (χ4n) is 1.36. The third kappa shape index (κ3) is 3.31. The molecule has 1 aromatic heterocycles. The molecule has 2 rings (SSSR count). The van der Waals surface area contributed by atoms with Gasteiger partial charge in [0, 0.05) is 16.1 Å². The van der Waals surface area contributed by atoms with Crippen molar-refractivity contribution in [1.82, 2.24) is 15.5 Å². The van der Waals surface area contributed by atoms with Crippen molar-refractivity contribution in [3.05, 3.63) is 33.6 Å². The number of benzene rings is 1. The minimum Gasteiger partial charge on any atom is -0.419 e. The standard InChI is InChI=1S/C12H13BrClN3O/c1-7(2)15-6-11-16-17-12(18-11)8-3-4-9(13)10(14)5-8/h3-5,7,15H,6H2,1-2H3. The van der Waals surface area contributed by atoms with Gasteiger partial charge < -0.3 is 9.73 Å².